The van der Waals surface area contributed by atoms with Crippen LogP contribution in [0.3, 0.4) is 0 Å². The Bertz CT molecular complexity index is 616. The number of nitrogens with zero attached hydrogens (tertiary/aromatic N) is 1. The Morgan fingerprint density at radius 2 is 1.84 bits per heavy atom. The predicted octanol–water partition coefficient (Wildman–Crippen LogP) is 2.20. The summed E-state index contributed by atoms with van der Waals surface area (Å²) in [7, 11) is 0. The molecule has 0 bridgehead atoms. The van der Waals surface area contributed by atoms with Crippen LogP contribution in [-0.2, 0) is 9.47 Å². The van der Waals surface area contributed by atoms with Crippen molar-refractivity contribution >= 4 is 11.8 Å². The Morgan fingerprint density at radius 1 is 1.16 bits per heavy atom. The molecule has 1 aromatic rings. The molecule has 6 nitrogen and oxygen atoms in total. The molecule has 0 saturated carbocycles. The predicted molar refractivity (Wildman–Crippen MR) is 93.5 cm³/mol. The maximum Gasteiger partial charge on any atom is 0.253 e. The molecule has 2 amide bonds. The van der Waals surface area contributed by atoms with Gasteiger partial charge in [-0.2, -0.15) is 0 Å². The standard InChI is InChI=1S/C19H26N2O4/c1-2-3-9-20-17(22)15-5-4-6-16(14-15)18(23)21-10-7-19(8-11-21)24-12-13-25-19/h4-6,14H,2-3,7-13H2,1H3,(H,20,22). The Balaban J connectivity index is 1.60. The Morgan fingerprint density at radius 3 is 2.52 bits per heavy atom. The zero-order valence-corrected chi connectivity index (χ0v) is 14.8. The number of piperidine rings is 1. The van der Waals surface area contributed by atoms with Crippen molar-refractivity contribution < 1.29 is 19.1 Å². The lowest BCUT2D eigenvalue weighted by atomic mass is 10.0. The number of rotatable bonds is 5. The van der Waals surface area contributed by atoms with Crippen LogP contribution in [0.2, 0.25) is 0 Å². The van der Waals surface area contributed by atoms with E-state index in [1.165, 1.54) is 0 Å². The molecule has 3 rings (SSSR count). The van der Waals surface area contributed by atoms with Crippen LogP contribution in [0.4, 0.5) is 0 Å². The highest BCUT2D eigenvalue weighted by Gasteiger charge is 2.40. The maximum absolute atomic E-state index is 12.8. The number of carbonyl (C=O) groups excluding carboxylic acids is 2. The SMILES string of the molecule is CCCCNC(=O)c1cccc(C(=O)N2CCC3(CC2)OCCO3)c1. The van der Waals surface area contributed by atoms with Gasteiger partial charge >= 0.3 is 0 Å². The smallest absolute Gasteiger partial charge is 0.253 e. The number of benzene rings is 1. The van der Waals surface area contributed by atoms with Gasteiger partial charge in [-0.05, 0) is 24.6 Å². The number of ether oxygens (including phenoxy) is 2. The van der Waals surface area contributed by atoms with Crippen LogP contribution in [0.25, 0.3) is 0 Å². The molecule has 0 unspecified atom stereocenters. The second-order valence-corrected chi connectivity index (χ2v) is 6.59. The Kier molecular flexibility index (Phi) is 5.71. The Labute approximate surface area is 148 Å². The molecule has 0 radical (unpaired) electrons. The molecule has 25 heavy (non-hydrogen) atoms. The van der Waals surface area contributed by atoms with E-state index < -0.39 is 5.79 Å². The molecule has 0 atom stereocenters. The molecule has 2 fully saturated rings. The topological polar surface area (TPSA) is 67.9 Å². The number of likely N-dealkylation sites (tertiary alicyclic amines) is 1. The first-order valence-electron chi connectivity index (χ1n) is 9.09. The van der Waals surface area contributed by atoms with Crippen LogP contribution in [0.15, 0.2) is 24.3 Å². The van der Waals surface area contributed by atoms with Gasteiger partial charge in [0.2, 0.25) is 0 Å². The van der Waals surface area contributed by atoms with Crippen molar-refractivity contribution in [2.24, 2.45) is 0 Å². The fraction of sp³-hybridized carbons (Fsp3) is 0.579. The van der Waals surface area contributed by atoms with Crippen LogP contribution in [-0.4, -0.2) is 55.3 Å². The summed E-state index contributed by atoms with van der Waals surface area (Å²) < 4.78 is 11.4. The fourth-order valence-corrected chi connectivity index (χ4v) is 3.29. The van der Waals surface area contributed by atoms with Crippen molar-refractivity contribution in [2.75, 3.05) is 32.8 Å². The van der Waals surface area contributed by atoms with Crippen molar-refractivity contribution in [3.8, 4) is 0 Å². The van der Waals surface area contributed by atoms with Gasteiger partial charge in [-0.15, -0.1) is 0 Å². The van der Waals surface area contributed by atoms with Gasteiger partial charge in [-0.25, -0.2) is 0 Å². The van der Waals surface area contributed by atoms with Crippen molar-refractivity contribution in [1.82, 2.24) is 10.2 Å². The average Bonchev–Trinajstić information content (AvgIpc) is 3.10. The summed E-state index contributed by atoms with van der Waals surface area (Å²) >= 11 is 0. The molecule has 2 aliphatic rings. The van der Waals surface area contributed by atoms with E-state index in [1.54, 1.807) is 24.3 Å². The van der Waals surface area contributed by atoms with E-state index in [2.05, 4.69) is 12.2 Å². The second-order valence-electron chi connectivity index (χ2n) is 6.59. The van der Waals surface area contributed by atoms with E-state index in [9.17, 15) is 9.59 Å². The summed E-state index contributed by atoms with van der Waals surface area (Å²) in [5, 5.41) is 2.88. The zero-order valence-electron chi connectivity index (χ0n) is 14.8. The molecule has 6 heteroatoms. The maximum atomic E-state index is 12.8. The summed E-state index contributed by atoms with van der Waals surface area (Å²) in [6.07, 6.45) is 3.36. The van der Waals surface area contributed by atoms with Crippen molar-refractivity contribution in [3.05, 3.63) is 35.4 Å². The molecular formula is C19H26N2O4. The van der Waals surface area contributed by atoms with Gasteiger partial charge in [0.05, 0.1) is 13.2 Å². The molecule has 0 aromatic heterocycles. The third kappa shape index (κ3) is 4.19. The van der Waals surface area contributed by atoms with Gasteiger partial charge in [0.1, 0.15) is 0 Å². The number of unbranched alkanes of at least 4 members (excludes halogenated alkanes) is 1. The minimum absolute atomic E-state index is 0.0453. The van der Waals surface area contributed by atoms with E-state index in [0.29, 0.717) is 56.8 Å². The molecule has 2 heterocycles. The zero-order chi connectivity index (χ0) is 17.7. The van der Waals surface area contributed by atoms with E-state index in [0.717, 1.165) is 12.8 Å². The van der Waals surface area contributed by atoms with Crippen LogP contribution in [0.5, 0.6) is 0 Å². The first-order valence-corrected chi connectivity index (χ1v) is 9.09. The van der Waals surface area contributed by atoms with Gasteiger partial charge in [0.25, 0.3) is 11.8 Å². The van der Waals surface area contributed by atoms with Crippen LogP contribution < -0.4 is 5.32 Å². The molecule has 1 spiro atoms. The third-order valence-electron chi connectivity index (χ3n) is 4.81. The summed E-state index contributed by atoms with van der Waals surface area (Å²) in [6.45, 7) is 5.20. The van der Waals surface area contributed by atoms with E-state index in [4.69, 9.17) is 9.47 Å². The van der Waals surface area contributed by atoms with Crippen LogP contribution in [0, 0.1) is 0 Å². The summed E-state index contributed by atoms with van der Waals surface area (Å²) in [5.74, 6) is -0.665. The number of amides is 2. The summed E-state index contributed by atoms with van der Waals surface area (Å²) in [4.78, 5) is 26.7. The monoisotopic (exact) mass is 346 g/mol. The van der Waals surface area contributed by atoms with Gasteiger partial charge < -0.3 is 19.7 Å². The summed E-state index contributed by atoms with van der Waals surface area (Å²) in [5.41, 5.74) is 1.07. The lowest BCUT2D eigenvalue weighted by Crippen LogP contribution is -2.47. The minimum Gasteiger partial charge on any atom is -0.352 e. The number of carbonyl (C=O) groups is 2. The molecule has 1 aromatic carbocycles. The largest absolute Gasteiger partial charge is 0.352 e. The molecule has 0 aliphatic carbocycles. The van der Waals surface area contributed by atoms with E-state index in [1.807, 2.05) is 4.90 Å². The summed E-state index contributed by atoms with van der Waals surface area (Å²) in [6, 6.07) is 6.94. The second kappa shape index (κ2) is 7.97. The molecule has 2 aliphatic heterocycles. The normalized spacial score (nSPS) is 19.2. The fourth-order valence-electron chi connectivity index (χ4n) is 3.29. The van der Waals surface area contributed by atoms with Crippen molar-refractivity contribution in [1.29, 1.82) is 0 Å². The molecular weight excluding hydrogens is 320 g/mol. The highest BCUT2D eigenvalue weighted by Crippen LogP contribution is 2.31. The first kappa shape index (κ1) is 17.9. The van der Waals surface area contributed by atoms with Crippen LogP contribution in [0.1, 0.15) is 53.3 Å². The Hall–Kier alpha value is -1.92. The molecule has 136 valence electrons. The third-order valence-corrected chi connectivity index (χ3v) is 4.81. The quantitative estimate of drug-likeness (QED) is 0.830. The molecule has 2 saturated heterocycles. The van der Waals surface area contributed by atoms with Crippen molar-refractivity contribution in [3.63, 3.8) is 0 Å². The number of nitrogens with one attached hydrogen (secondary N) is 1. The number of hydrogen-bond donors (Lipinski definition) is 1. The van der Waals surface area contributed by atoms with Gasteiger partial charge in [0, 0.05) is 43.6 Å². The highest BCUT2D eigenvalue weighted by molar-refractivity contribution is 5.99. The van der Waals surface area contributed by atoms with Crippen LogP contribution >= 0.6 is 0 Å². The highest BCUT2D eigenvalue weighted by atomic mass is 16.7. The van der Waals surface area contributed by atoms with Gasteiger partial charge in [-0.1, -0.05) is 19.4 Å². The lowest BCUT2D eigenvalue weighted by molar-refractivity contribution is -0.181. The van der Waals surface area contributed by atoms with Gasteiger partial charge in [0.15, 0.2) is 5.79 Å². The van der Waals surface area contributed by atoms with E-state index >= 15 is 0 Å². The van der Waals surface area contributed by atoms with E-state index in [-0.39, 0.29) is 11.8 Å². The number of hydrogen-bond acceptors (Lipinski definition) is 4. The first-order chi connectivity index (χ1) is 12.1. The van der Waals surface area contributed by atoms with Crippen molar-refractivity contribution in [2.45, 2.75) is 38.4 Å². The average molecular weight is 346 g/mol. The molecule has 1 N–H and O–H groups in total. The minimum atomic E-state index is -0.488. The van der Waals surface area contributed by atoms with Gasteiger partial charge in [-0.3, -0.25) is 9.59 Å². The lowest BCUT2D eigenvalue weighted by Gasteiger charge is -2.37.